The molecule has 0 amide bonds. The predicted octanol–water partition coefficient (Wildman–Crippen LogP) is 1.32. The quantitative estimate of drug-likeness (QED) is 0.460. The molecule has 1 atom stereocenters. The molecule has 0 unspecified atom stereocenters. The highest BCUT2D eigenvalue weighted by Gasteiger charge is 2.23. The summed E-state index contributed by atoms with van der Waals surface area (Å²) in [5.41, 5.74) is 0.276. The summed E-state index contributed by atoms with van der Waals surface area (Å²) in [7, 11) is 0. The molecule has 0 aromatic rings. The number of nitrogens with one attached hydrogen (secondary N) is 1. The summed E-state index contributed by atoms with van der Waals surface area (Å²) in [5.74, 6) is 6.45. The second-order valence-corrected chi connectivity index (χ2v) is 5.36. The largest absolute Gasteiger partial charge is 0.358 e. The zero-order chi connectivity index (χ0) is 14.1. The Morgan fingerprint density at radius 3 is 2.63 bits per heavy atom. The minimum atomic E-state index is -0.619. The van der Waals surface area contributed by atoms with Gasteiger partial charge in [0.05, 0.1) is 32.2 Å². The van der Waals surface area contributed by atoms with E-state index in [4.69, 9.17) is 10.00 Å². The van der Waals surface area contributed by atoms with E-state index in [2.05, 4.69) is 24.5 Å². The van der Waals surface area contributed by atoms with E-state index in [0.29, 0.717) is 13.0 Å². The molecule has 1 aliphatic rings. The topological polar surface area (TPSA) is 37.5 Å². The molecule has 3 heteroatoms. The van der Waals surface area contributed by atoms with Crippen molar-refractivity contribution in [3.8, 4) is 17.9 Å². The van der Waals surface area contributed by atoms with E-state index in [1.165, 1.54) is 32.4 Å². The maximum atomic E-state index is 8.56. The normalized spacial score (nSPS) is 18.8. The Labute approximate surface area is 117 Å². The summed E-state index contributed by atoms with van der Waals surface area (Å²) in [6.45, 7) is 11.6. The monoisotopic (exact) mass is 261 g/mol. The van der Waals surface area contributed by atoms with Gasteiger partial charge in [-0.3, -0.25) is 0 Å². The van der Waals surface area contributed by atoms with Crippen LogP contribution in [-0.2, 0) is 4.74 Å². The highest BCUT2D eigenvalue weighted by atomic mass is 16.5. The molecule has 1 N–H and O–H groups in total. The van der Waals surface area contributed by atoms with Crippen LogP contribution >= 0.6 is 0 Å². The molecule has 1 fully saturated rings. The van der Waals surface area contributed by atoms with Crippen LogP contribution in [0.5, 0.6) is 0 Å². The summed E-state index contributed by atoms with van der Waals surface area (Å²) in [6.07, 6.45) is 4.38. The number of rotatable bonds is 5. The molecule has 0 aliphatic carbocycles. The average Bonchev–Trinajstić information content (AvgIpc) is 2.40. The van der Waals surface area contributed by atoms with Crippen LogP contribution in [0.25, 0.3) is 0 Å². The minimum absolute atomic E-state index is 0.391. The van der Waals surface area contributed by atoms with Gasteiger partial charge in [0, 0.05) is 0 Å². The van der Waals surface area contributed by atoms with Crippen molar-refractivity contribution in [1.82, 2.24) is 0 Å². The molecular formula is C16H25N2O+. The second kappa shape index (κ2) is 8.00. The maximum absolute atomic E-state index is 8.56. The lowest BCUT2D eigenvalue weighted by Gasteiger charge is -2.25. The minimum Gasteiger partial charge on any atom is -0.358 e. The van der Waals surface area contributed by atoms with Gasteiger partial charge in [-0.15, -0.1) is 0 Å². The highest BCUT2D eigenvalue weighted by Crippen LogP contribution is 2.18. The Balaban J connectivity index is 2.52. The summed E-state index contributed by atoms with van der Waals surface area (Å²) in [5, 5.41) is 8.56. The van der Waals surface area contributed by atoms with E-state index < -0.39 is 5.60 Å². The van der Waals surface area contributed by atoms with Crippen LogP contribution in [0.4, 0.5) is 0 Å². The molecule has 0 radical (unpaired) electrons. The fourth-order valence-electron chi connectivity index (χ4n) is 2.13. The standard InChI is InChI=1S/C16H24N2O/c1-15(2)16(3,19-14-8-10-17)9-7-13-18-11-5-4-6-12-18/h1,4-6,8,11-14H2,2-3H3/p+1/t16-/m1/s1. The number of nitriles is 1. The molecule has 0 aromatic heterocycles. The van der Waals surface area contributed by atoms with Crippen LogP contribution in [0.1, 0.15) is 39.5 Å². The van der Waals surface area contributed by atoms with Gasteiger partial charge in [-0.05, 0) is 44.6 Å². The third-order valence-electron chi connectivity index (χ3n) is 3.64. The molecule has 0 aromatic carbocycles. The van der Waals surface area contributed by atoms with E-state index in [0.717, 1.165) is 12.1 Å². The molecule has 1 rings (SSSR count). The number of likely N-dealkylation sites (tertiary alicyclic amines) is 1. The van der Waals surface area contributed by atoms with Gasteiger partial charge in [-0.25, -0.2) is 0 Å². The van der Waals surface area contributed by atoms with Crippen molar-refractivity contribution in [2.24, 2.45) is 0 Å². The lowest BCUT2D eigenvalue weighted by atomic mass is 9.99. The summed E-state index contributed by atoms with van der Waals surface area (Å²) in [6, 6.07) is 2.08. The predicted molar refractivity (Wildman–Crippen MR) is 76.6 cm³/mol. The zero-order valence-electron chi connectivity index (χ0n) is 12.2. The molecule has 19 heavy (non-hydrogen) atoms. The number of ether oxygens (including phenoxy) is 1. The molecule has 3 nitrogen and oxygen atoms in total. The van der Waals surface area contributed by atoms with Crippen LogP contribution in [0, 0.1) is 23.2 Å². The lowest BCUT2D eigenvalue weighted by Crippen LogP contribution is -3.12. The molecule has 1 heterocycles. The van der Waals surface area contributed by atoms with Gasteiger partial charge in [-0.2, -0.15) is 5.26 Å². The van der Waals surface area contributed by atoms with Gasteiger partial charge < -0.3 is 9.64 Å². The first kappa shape index (κ1) is 15.8. The van der Waals surface area contributed by atoms with Gasteiger partial charge in [-0.1, -0.05) is 12.5 Å². The lowest BCUT2D eigenvalue weighted by molar-refractivity contribution is -0.897. The Morgan fingerprint density at radius 1 is 1.37 bits per heavy atom. The van der Waals surface area contributed by atoms with Crippen molar-refractivity contribution < 1.29 is 9.64 Å². The van der Waals surface area contributed by atoms with Gasteiger partial charge in [0.1, 0.15) is 12.1 Å². The Bertz CT molecular complexity index is 393. The Hall–Kier alpha value is -1.29. The molecule has 0 spiro atoms. The van der Waals surface area contributed by atoms with Crippen LogP contribution in [0.3, 0.4) is 0 Å². The first-order valence-electron chi connectivity index (χ1n) is 7.09. The first-order chi connectivity index (χ1) is 9.08. The van der Waals surface area contributed by atoms with E-state index in [-0.39, 0.29) is 0 Å². The third-order valence-corrected chi connectivity index (χ3v) is 3.64. The zero-order valence-corrected chi connectivity index (χ0v) is 12.2. The first-order valence-corrected chi connectivity index (χ1v) is 7.09. The van der Waals surface area contributed by atoms with E-state index >= 15 is 0 Å². The second-order valence-electron chi connectivity index (χ2n) is 5.36. The summed E-state index contributed by atoms with van der Waals surface area (Å²) < 4.78 is 5.72. The number of hydrogen-bond donors (Lipinski definition) is 1. The van der Waals surface area contributed by atoms with Crippen molar-refractivity contribution in [1.29, 1.82) is 5.26 Å². The van der Waals surface area contributed by atoms with E-state index in [1.807, 2.05) is 13.8 Å². The molecule has 1 saturated heterocycles. The maximum Gasteiger partial charge on any atom is 0.147 e. The fourth-order valence-corrected chi connectivity index (χ4v) is 2.13. The average molecular weight is 261 g/mol. The number of nitrogens with zero attached hydrogens (tertiary/aromatic N) is 1. The molecular weight excluding hydrogens is 236 g/mol. The smallest absolute Gasteiger partial charge is 0.147 e. The number of piperidine rings is 1. The molecule has 104 valence electrons. The summed E-state index contributed by atoms with van der Waals surface area (Å²) in [4.78, 5) is 1.57. The van der Waals surface area contributed by atoms with Crippen LogP contribution in [0.2, 0.25) is 0 Å². The van der Waals surface area contributed by atoms with Crippen LogP contribution in [-0.4, -0.2) is 31.8 Å². The van der Waals surface area contributed by atoms with E-state index in [1.54, 1.807) is 4.90 Å². The van der Waals surface area contributed by atoms with E-state index in [9.17, 15) is 0 Å². The van der Waals surface area contributed by atoms with Crippen molar-refractivity contribution in [2.75, 3.05) is 26.2 Å². The fraction of sp³-hybridized carbons (Fsp3) is 0.688. The van der Waals surface area contributed by atoms with Crippen molar-refractivity contribution in [2.45, 2.75) is 45.1 Å². The van der Waals surface area contributed by atoms with Gasteiger partial charge in [0.25, 0.3) is 0 Å². The van der Waals surface area contributed by atoms with Crippen molar-refractivity contribution in [3.63, 3.8) is 0 Å². The molecule has 0 saturated carbocycles. The van der Waals surface area contributed by atoms with Gasteiger partial charge in [0.15, 0.2) is 0 Å². The Morgan fingerprint density at radius 2 is 2.05 bits per heavy atom. The van der Waals surface area contributed by atoms with Crippen molar-refractivity contribution >= 4 is 0 Å². The highest BCUT2D eigenvalue weighted by molar-refractivity contribution is 5.27. The van der Waals surface area contributed by atoms with Gasteiger partial charge in [0.2, 0.25) is 0 Å². The van der Waals surface area contributed by atoms with Crippen molar-refractivity contribution in [3.05, 3.63) is 12.2 Å². The molecule has 0 bridgehead atoms. The SMILES string of the molecule is C=C(C)[C@@](C)(C#CC[NH+]1CCCCC1)OCCC#N. The van der Waals surface area contributed by atoms with Crippen LogP contribution in [0.15, 0.2) is 12.2 Å². The van der Waals surface area contributed by atoms with Crippen LogP contribution < -0.4 is 4.90 Å². The Kier molecular flexibility index (Phi) is 6.64. The number of quaternary nitrogens is 1. The molecule has 1 aliphatic heterocycles. The van der Waals surface area contributed by atoms with Gasteiger partial charge >= 0.3 is 0 Å². The third kappa shape index (κ3) is 5.47. The summed E-state index contributed by atoms with van der Waals surface area (Å²) >= 11 is 0. The number of hydrogen-bond acceptors (Lipinski definition) is 2.